The zero-order chi connectivity index (χ0) is 13.5. The highest BCUT2D eigenvalue weighted by Gasteiger charge is 2.28. The van der Waals surface area contributed by atoms with Crippen molar-refractivity contribution in [2.24, 2.45) is 0 Å². The standard InChI is InChI=1S/C12H18Cl3NO/c1-9(2)5-4-6-10(3)7-8-17-11(16)12(13,14)15/h5,7,16H,4,6,8H2,1-3H3. The van der Waals surface area contributed by atoms with Crippen molar-refractivity contribution in [1.29, 1.82) is 5.41 Å². The molecule has 0 saturated carbocycles. The van der Waals surface area contributed by atoms with Gasteiger partial charge in [0.05, 0.1) is 0 Å². The van der Waals surface area contributed by atoms with Crippen LogP contribution in [0.25, 0.3) is 0 Å². The average Bonchev–Trinajstić information content (AvgIpc) is 2.15. The van der Waals surface area contributed by atoms with Crippen LogP contribution in [0, 0.1) is 5.41 Å². The molecule has 0 aromatic rings. The molecule has 0 bridgehead atoms. The summed E-state index contributed by atoms with van der Waals surface area (Å²) in [5, 5.41) is 7.32. The van der Waals surface area contributed by atoms with E-state index in [1.165, 1.54) is 11.1 Å². The molecule has 98 valence electrons. The van der Waals surface area contributed by atoms with Crippen LogP contribution in [-0.4, -0.2) is 16.3 Å². The lowest BCUT2D eigenvalue weighted by Gasteiger charge is -2.12. The lowest BCUT2D eigenvalue weighted by molar-refractivity contribution is 0.339. The molecule has 0 amide bonds. The van der Waals surface area contributed by atoms with E-state index in [0.717, 1.165) is 12.8 Å². The van der Waals surface area contributed by atoms with E-state index in [0.29, 0.717) is 0 Å². The molecule has 0 aromatic heterocycles. The summed E-state index contributed by atoms with van der Waals surface area (Å²) in [6, 6.07) is 0. The summed E-state index contributed by atoms with van der Waals surface area (Å²) < 4.78 is 3.23. The fraction of sp³-hybridized carbons (Fsp3) is 0.583. The number of hydrogen-bond donors (Lipinski definition) is 1. The van der Waals surface area contributed by atoms with E-state index in [4.69, 9.17) is 44.9 Å². The van der Waals surface area contributed by atoms with Crippen LogP contribution in [0.2, 0.25) is 0 Å². The molecule has 1 N–H and O–H groups in total. The average molecular weight is 299 g/mol. The van der Waals surface area contributed by atoms with E-state index < -0.39 is 3.79 Å². The molecule has 0 aliphatic carbocycles. The van der Waals surface area contributed by atoms with Crippen LogP contribution >= 0.6 is 34.8 Å². The first kappa shape index (κ1) is 16.8. The SMILES string of the molecule is CC(C)=CCCC(C)=CCOC(=N)C(Cl)(Cl)Cl. The van der Waals surface area contributed by atoms with E-state index in [2.05, 4.69) is 19.9 Å². The maximum atomic E-state index is 7.32. The quantitative estimate of drug-likeness (QED) is 0.328. The van der Waals surface area contributed by atoms with Crippen molar-refractivity contribution in [3.63, 3.8) is 0 Å². The molecule has 0 spiro atoms. The number of hydrogen-bond acceptors (Lipinski definition) is 2. The molecule has 17 heavy (non-hydrogen) atoms. The second kappa shape index (κ2) is 8.02. The van der Waals surface area contributed by atoms with Gasteiger partial charge in [0.25, 0.3) is 3.79 Å². The minimum Gasteiger partial charge on any atom is -0.474 e. The second-order valence-corrected chi connectivity index (χ2v) is 6.29. The Morgan fingerprint density at radius 3 is 2.24 bits per heavy atom. The maximum absolute atomic E-state index is 7.32. The number of allylic oxidation sites excluding steroid dienone is 3. The molecule has 0 radical (unpaired) electrons. The summed E-state index contributed by atoms with van der Waals surface area (Å²) in [5.74, 6) is -0.351. The third-order valence-corrected chi connectivity index (χ3v) is 2.52. The Balaban J connectivity index is 3.93. The van der Waals surface area contributed by atoms with Crippen LogP contribution in [0.5, 0.6) is 0 Å². The summed E-state index contributed by atoms with van der Waals surface area (Å²) in [6.07, 6.45) is 6.05. The van der Waals surface area contributed by atoms with Gasteiger partial charge in [-0.15, -0.1) is 0 Å². The van der Waals surface area contributed by atoms with Crippen LogP contribution < -0.4 is 0 Å². The topological polar surface area (TPSA) is 33.1 Å². The predicted molar refractivity (Wildman–Crippen MR) is 76.4 cm³/mol. The van der Waals surface area contributed by atoms with Crippen LogP contribution in [-0.2, 0) is 4.74 Å². The van der Waals surface area contributed by atoms with E-state index in [1.54, 1.807) is 0 Å². The third kappa shape index (κ3) is 9.51. The van der Waals surface area contributed by atoms with Crippen molar-refractivity contribution in [3.8, 4) is 0 Å². The molecule has 5 heteroatoms. The normalized spacial score (nSPS) is 12.2. The number of alkyl halides is 3. The Bertz CT molecular complexity index is 312. The Hall–Kier alpha value is -0.180. The largest absolute Gasteiger partial charge is 0.474 e. The molecule has 0 unspecified atom stereocenters. The second-order valence-electron chi connectivity index (χ2n) is 4.01. The molecule has 0 atom stereocenters. The van der Waals surface area contributed by atoms with Gasteiger partial charge in [0.1, 0.15) is 6.61 Å². The van der Waals surface area contributed by atoms with Crippen molar-refractivity contribution < 1.29 is 4.74 Å². The van der Waals surface area contributed by atoms with Crippen molar-refractivity contribution in [3.05, 3.63) is 23.3 Å². The van der Waals surface area contributed by atoms with Gasteiger partial charge < -0.3 is 4.74 Å². The summed E-state index contributed by atoms with van der Waals surface area (Å²) in [6.45, 7) is 6.42. The zero-order valence-corrected chi connectivity index (χ0v) is 12.6. The highest BCUT2D eigenvalue weighted by Crippen LogP contribution is 2.27. The number of nitrogens with one attached hydrogen (secondary N) is 1. The van der Waals surface area contributed by atoms with E-state index >= 15 is 0 Å². The minimum atomic E-state index is -1.77. The first-order valence-corrected chi connectivity index (χ1v) is 6.44. The molecule has 2 nitrogen and oxygen atoms in total. The highest BCUT2D eigenvalue weighted by molar-refractivity contribution is 6.76. The molecule has 0 rings (SSSR count). The van der Waals surface area contributed by atoms with Gasteiger partial charge in [-0.3, -0.25) is 5.41 Å². The molecule has 0 heterocycles. The molecular weight excluding hydrogens is 280 g/mol. The summed E-state index contributed by atoms with van der Waals surface area (Å²) in [7, 11) is 0. The lowest BCUT2D eigenvalue weighted by Crippen LogP contribution is -2.21. The molecule has 0 aliphatic rings. The Morgan fingerprint density at radius 2 is 1.76 bits per heavy atom. The lowest BCUT2D eigenvalue weighted by atomic mass is 10.1. The molecule has 0 saturated heterocycles. The summed E-state index contributed by atoms with van der Waals surface area (Å²) >= 11 is 16.4. The van der Waals surface area contributed by atoms with Gasteiger partial charge in [0.15, 0.2) is 0 Å². The molecule has 0 fully saturated rings. The highest BCUT2D eigenvalue weighted by atomic mass is 35.6. The predicted octanol–water partition coefficient (Wildman–Crippen LogP) is 5.04. The van der Waals surface area contributed by atoms with Crippen LogP contribution in [0.3, 0.4) is 0 Å². The fourth-order valence-electron chi connectivity index (χ4n) is 1.04. The first-order valence-electron chi connectivity index (χ1n) is 5.31. The summed E-state index contributed by atoms with van der Waals surface area (Å²) in [5.41, 5.74) is 2.51. The van der Waals surface area contributed by atoms with Crippen molar-refractivity contribution >= 4 is 40.7 Å². The molecule has 0 aromatic carbocycles. The van der Waals surface area contributed by atoms with E-state index in [-0.39, 0.29) is 12.5 Å². The van der Waals surface area contributed by atoms with Crippen LogP contribution in [0.15, 0.2) is 23.3 Å². The minimum absolute atomic E-state index is 0.257. The number of ether oxygens (including phenoxy) is 1. The monoisotopic (exact) mass is 297 g/mol. The van der Waals surface area contributed by atoms with Crippen molar-refractivity contribution in [2.45, 2.75) is 37.4 Å². The number of rotatable bonds is 5. The Labute approximate surface area is 118 Å². The third-order valence-electron chi connectivity index (χ3n) is 2.01. The van der Waals surface area contributed by atoms with E-state index in [1.807, 2.05) is 13.0 Å². The van der Waals surface area contributed by atoms with Gasteiger partial charge in [0.2, 0.25) is 5.90 Å². The fourth-order valence-corrected chi connectivity index (χ4v) is 1.20. The number of halogens is 3. The van der Waals surface area contributed by atoms with Crippen LogP contribution in [0.4, 0.5) is 0 Å². The van der Waals surface area contributed by atoms with Crippen molar-refractivity contribution in [2.75, 3.05) is 6.61 Å². The molecule has 0 aliphatic heterocycles. The smallest absolute Gasteiger partial charge is 0.265 e. The Morgan fingerprint density at radius 1 is 1.18 bits per heavy atom. The van der Waals surface area contributed by atoms with Crippen LogP contribution in [0.1, 0.15) is 33.6 Å². The van der Waals surface area contributed by atoms with E-state index in [9.17, 15) is 0 Å². The molecular formula is C12H18Cl3NO. The van der Waals surface area contributed by atoms with Gasteiger partial charge >= 0.3 is 0 Å². The van der Waals surface area contributed by atoms with Gasteiger partial charge in [-0.2, -0.15) is 0 Å². The van der Waals surface area contributed by atoms with Crippen molar-refractivity contribution in [1.82, 2.24) is 0 Å². The zero-order valence-electron chi connectivity index (χ0n) is 10.3. The van der Waals surface area contributed by atoms with Gasteiger partial charge in [-0.1, -0.05) is 52.0 Å². The summed E-state index contributed by atoms with van der Waals surface area (Å²) in [4.78, 5) is 0. The Kier molecular flexibility index (Phi) is 7.93. The first-order chi connectivity index (χ1) is 7.73. The van der Waals surface area contributed by atoms with Gasteiger partial charge in [0, 0.05) is 0 Å². The maximum Gasteiger partial charge on any atom is 0.265 e. The van der Waals surface area contributed by atoms with Gasteiger partial charge in [-0.05, 0) is 39.7 Å². The van der Waals surface area contributed by atoms with Gasteiger partial charge in [-0.25, -0.2) is 0 Å².